The highest BCUT2D eigenvalue weighted by Gasteiger charge is 2.23. The lowest BCUT2D eigenvalue weighted by atomic mass is 10.1. The van der Waals surface area contributed by atoms with Crippen LogP contribution in [0.25, 0.3) is 0 Å². The number of benzene rings is 2. The standard InChI is InChI=1S/C24H30N2O6/c1-24(2,3)32-21(27)14-20(26-23(29)31-17-19-12-8-5-9-13-19)15-25-22(28)30-16-18-10-6-4-7-11-18/h4-13,20H,14-17H2,1-3H3,(H,25,28)(H,26,29). The Morgan fingerprint density at radius 1 is 0.812 bits per heavy atom. The maximum atomic E-state index is 12.2. The molecule has 2 rings (SSSR count). The first-order chi connectivity index (χ1) is 15.2. The average Bonchev–Trinajstić information content (AvgIpc) is 2.74. The lowest BCUT2D eigenvalue weighted by Gasteiger charge is -2.23. The fraction of sp³-hybridized carbons (Fsp3) is 0.375. The number of carbonyl (C=O) groups is 3. The monoisotopic (exact) mass is 442 g/mol. The minimum atomic E-state index is -0.739. The molecule has 0 saturated carbocycles. The molecule has 2 N–H and O–H groups in total. The Balaban J connectivity index is 1.86. The Bertz CT molecular complexity index is 865. The van der Waals surface area contributed by atoms with E-state index in [1.165, 1.54) is 0 Å². The van der Waals surface area contributed by atoms with Gasteiger partial charge < -0.3 is 24.8 Å². The zero-order valence-electron chi connectivity index (χ0n) is 18.6. The van der Waals surface area contributed by atoms with Crippen molar-refractivity contribution in [2.75, 3.05) is 6.54 Å². The molecule has 172 valence electrons. The van der Waals surface area contributed by atoms with Crippen molar-refractivity contribution in [2.45, 2.75) is 52.0 Å². The molecular weight excluding hydrogens is 412 g/mol. The summed E-state index contributed by atoms with van der Waals surface area (Å²) in [5.41, 5.74) is 1.00. The van der Waals surface area contributed by atoms with E-state index < -0.39 is 29.8 Å². The van der Waals surface area contributed by atoms with Gasteiger partial charge in [-0.2, -0.15) is 0 Å². The smallest absolute Gasteiger partial charge is 0.407 e. The van der Waals surface area contributed by atoms with Crippen LogP contribution in [0.2, 0.25) is 0 Å². The first kappa shape index (κ1) is 24.7. The van der Waals surface area contributed by atoms with E-state index in [2.05, 4.69) is 10.6 Å². The number of nitrogens with one attached hydrogen (secondary N) is 2. The Morgan fingerprint density at radius 2 is 1.31 bits per heavy atom. The normalized spacial score (nSPS) is 11.7. The Kier molecular flexibility index (Phi) is 9.53. The van der Waals surface area contributed by atoms with Crippen molar-refractivity contribution >= 4 is 18.2 Å². The minimum Gasteiger partial charge on any atom is -0.460 e. The number of esters is 1. The second-order valence-corrected chi connectivity index (χ2v) is 8.14. The van der Waals surface area contributed by atoms with Crippen LogP contribution in [0.5, 0.6) is 0 Å². The topological polar surface area (TPSA) is 103 Å². The number of hydrogen-bond donors (Lipinski definition) is 2. The number of alkyl carbamates (subject to hydrolysis) is 2. The molecule has 0 aliphatic rings. The Morgan fingerprint density at radius 3 is 1.81 bits per heavy atom. The number of carbonyl (C=O) groups excluding carboxylic acids is 3. The third-order valence-electron chi connectivity index (χ3n) is 4.07. The Hall–Kier alpha value is -3.55. The molecule has 0 aliphatic carbocycles. The zero-order valence-corrected chi connectivity index (χ0v) is 18.6. The summed E-state index contributed by atoms with van der Waals surface area (Å²) in [5, 5.41) is 5.16. The van der Waals surface area contributed by atoms with Gasteiger partial charge in [0.1, 0.15) is 18.8 Å². The van der Waals surface area contributed by atoms with Gasteiger partial charge in [0, 0.05) is 6.54 Å². The van der Waals surface area contributed by atoms with Crippen LogP contribution in [0, 0.1) is 0 Å². The van der Waals surface area contributed by atoms with Crippen molar-refractivity contribution in [2.24, 2.45) is 0 Å². The van der Waals surface area contributed by atoms with E-state index >= 15 is 0 Å². The summed E-state index contributed by atoms with van der Waals surface area (Å²) in [6.45, 7) is 5.41. The first-order valence-corrected chi connectivity index (χ1v) is 10.3. The summed E-state index contributed by atoms with van der Waals surface area (Å²) in [6.07, 6.45) is -1.51. The van der Waals surface area contributed by atoms with Crippen molar-refractivity contribution in [1.29, 1.82) is 0 Å². The lowest BCUT2D eigenvalue weighted by Crippen LogP contribution is -2.45. The fourth-order valence-electron chi connectivity index (χ4n) is 2.67. The molecule has 32 heavy (non-hydrogen) atoms. The van der Waals surface area contributed by atoms with Gasteiger partial charge in [0.05, 0.1) is 12.5 Å². The zero-order chi connectivity index (χ0) is 23.4. The highest BCUT2D eigenvalue weighted by atomic mass is 16.6. The van der Waals surface area contributed by atoms with Gasteiger partial charge in [-0.05, 0) is 31.9 Å². The highest BCUT2D eigenvalue weighted by molar-refractivity contribution is 5.73. The van der Waals surface area contributed by atoms with E-state index in [4.69, 9.17) is 14.2 Å². The van der Waals surface area contributed by atoms with Gasteiger partial charge >= 0.3 is 18.2 Å². The fourth-order valence-corrected chi connectivity index (χ4v) is 2.67. The summed E-state index contributed by atoms with van der Waals surface area (Å²) in [4.78, 5) is 36.5. The summed E-state index contributed by atoms with van der Waals surface area (Å²) in [6, 6.07) is 17.7. The molecule has 2 amide bonds. The van der Waals surface area contributed by atoms with E-state index in [0.717, 1.165) is 11.1 Å². The molecule has 8 heteroatoms. The molecule has 0 aliphatic heterocycles. The van der Waals surface area contributed by atoms with Crippen molar-refractivity contribution in [3.05, 3.63) is 71.8 Å². The molecule has 1 unspecified atom stereocenters. The SMILES string of the molecule is CC(C)(C)OC(=O)CC(CNC(=O)OCc1ccccc1)NC(=O)OCc1ccccc1. The number of hydrogen-bond acceptors (Lipinski definition) is 6. The number of rotatable bonds is 9. The quantitative estimate of drug-likeness (QED) is 0.450. The summed E-state index contributed by atoms with van der Waals surface area (Å²) in [5.74, 6) is -0.509. The highest BCUT2D eigenvalue weighted by Crippen LogP contribution is 2.10. The van der Waals surface area contributed by atoms with Crippen molar-refractivity contribution in [3.63, 3.8) is 0 Å². The van der Waals surface area contributed by atoms with Crippen LogP contribution in [0.15, 0.2) is 60.7 Å². The number of ether oxygens (including phenoxy) is 3. The van der Waals surface area contributed by atoms with Gasteiger partial charge in [-0.15, -0.1) is 0 Å². The van der Waals surface area contributed by atoms with Gasteiger partial charge in [0.2, 0.25) is 0 Å². The van der Waals surface area contributed by atoms with Gasteiger partial charge in [-0.3, -0.25) is 4.79 Å². The minimum absolute atomic E-state index is 0.0344. The van der Waals surface area contributed by atoms with Crippen LogP contribution in [0.1, 0.15) is 38.3 Å². The van der Waals surface area contributed by atoms with Crippen LogP contribution in [0.4, 0.5) is 9.59 Å². The molecule has 0 heterocycles. The van der Waals surface area contributed by atoms with Crippen LogP contribution in [0.3, 0.4) is 0 Å². The molecule has 0 spiro atoms. The molecule has 1 atom stereocenters. The molecular formula is C24H30N2O6. The maximum absolute atomic E-state index is 12.2. The van der Waals surface area contributed by atoms with E-state index in [-0.39, 0.29) is 26.2 Å². The van der Waals surface area contributed by atoms with Crippen molar-refractivity contribution in [1.82, 2.24) is 10.6 Å². The van der Waals surface area contributed by atoms with Crippen molar-refractivity contribution in [3.8, 4) is 0 Å². The van der Waals surface area contributed by atoms with E-state index in [1.807, 2.05) is 60.7 Å². The van der Waals surface area contributed by atoms with Gasteiger partial charge in [0.25, 0.3) is 0 Å². The van der Waals surface area contributed by atoms with Gasteiger partial charge in [-0.25, -0.2) is 9.59 Å². The van der Waals surface area contributed by atoms with Gasteiger partial charge in [-0.1, -0.05) is 60.7 Å². The second kappa shape index (κ2) is 12.3. The molecule has 0 radical (unpaired) electrons. The molecule has 2 aromatic carbocycles. The molecule has 0 saturated heterocycles. The summed E-state index contributed by atoms with van der Waals surface area (Å²) >= 11 is 0. The van der Waals surface area contributed by atoms with Gasteiger partial charge in [0.15, 0.2) is 0 Å². The summed E-state index contributed by atoms with van der Waals surface area (Å²) < 4.78 is 15.7. The molecule has 0 bridgehead atoms. The molecule has 2 aromatic rings. The largest absolute Gasteiger partial charge is 0.460 e. The van der Waals surface area contributed by atoms with E-state index in [0.29, 0.717) is 0 Å². The lowest BCUT2D eigenvalue weighted by molar-refractivity contribution is -0.155. The average molecular weight is 443 g/mol. The molecule has 8 nitrogen and oxygen atoms in total. The molecule has 0 fully saturated rings. The van der Waals surface area contributed by atoms with Crippen LogP contribution < -0.4 is 10.6 Å². The van der Waals surface area contributed by atoms with Crippen molar-refractivity contribution < 1.29 is 28.6 Å². The second-order valence-electron chi connectivity index (χ2n) is 8.14. The third kappa shape index (κ3) is 10.5. The first-order valence-electron chi connectivity index (χ1n) is 10.3. The van der Waals surface area contributed by atoms with Crippen LogP contribution in [-0.4, -0.2) is 36.3 Å². The Labute approximate surface area is 188 Å². The maximum Gasteiger partial charge on any atom is 0.407 e. The summed E-state index contributed by atoms with van der Waals surface area (Å²) in [7, 11) is 0. The van der Waals surface area contributed by atoms with Crippen LogP contribution >= 0.6 is 0 Å². The third-order valence-corrected chi connectivity index (χ3v) is 4.07. The number of amides is 2. The van der Waals surface area contributed by atoms with E-state index in [9.17, 15) is 14.4 Å². The van der Waals surface area contributed by atoms with E-state index in [1.54, 1.807) is 20.8 Å². The molecule has 0 aromatic heterocycles. The predicted molar refractivity (Wildman–Crippen MR) is 119 cm³/mol. The predicted octanol–water partition coefficient (Wildman–Crippen LogP) is 3.94. The van der Waals surface area contributed by atoms with Crippen LogP contribution in [-0.2, 0) is 32.2 Å².